The lowest BCUT2D eigenvalue weighted by Gasteiger charge is -2.25. The van der Waals surface area contributed by atoms with Crippen LogP contribution in [0.5, 0.6) is 5.75 Å². The average Bonchev–Trinajstić information content (AvgIpc) is 3.20. The lowest BCUT2D eigenvalue weighted by atomic mass is 9.98. The molecule has 5 nitrogen and oxygen atoms in total. The van der Waals surface area contributed by atoms with E-state index in [4.69, 9.17) is 4.74 Å². The molecule has 1 aliphatic rings. The van der Waals surface area contributed by atoms with Crippen molar-refractivity contribution in [2.75, 3.05) is 7.11 Å². The van der Waals surface area contributed by atoms with Gasteiger partial charge in [0, 0.05) is 12.0 Å². The minimum absolute atomic E-state index is 0.263. The Hall–Kier alpha value is -3.12. The van der Waals surface area contributed by atoms with Crippen molar-refractivity contribution in [1.82, 2.24) is 4.41 Å². The zero-order valence-corrected chi connectivity index (χ0v) is 18.1. The third-order valence-electron chi connectivity index (χ3n) is 5.37. The highest BCUT2D eigenvalue weighted by Gasteiger charge is 2.39. The van der Waals surface area contributed by atoms with Crippen LogP contribution in [-0.4, -0.2) is 25.7 Å². The van der Waals surface area contributed by atoms with Gasteiger partial charge < -0.3 is 4.74 Å². The van der Waals surface area contributed by atoms with Gasteiger partial charge in [0.15, 0.2) is 0 Å². The number of ether oxygens (including phenoxy) is 1. The second-order valence-electron chi connectivity index (χ2n) is 7.42. The minimum atomic E-state index is -3.85. The summed E-state index contributed by atoms with van der Waals surface area (Å²) in [7, 11) is -2.26. The highest BCUT2D eigenvalue weighted by molar-refractivity contribution is 7.89. The molecule has 0 aromatic heterocycles. The summed E-state index contributed by atoms with van der Waals surface area (Å²) < 4.78 is 34.1. The quantitative estimate of drug-likeness (QED) is 0.593. The molecule has 6 heteroatoms. The summed E-state index contributed by atoms with van der Waals surface area (Å²) in [5.74, 6) is 0.646. The molecule has 0 N–H and O–H groups in total. The molecule has 154 valence electrons. The van der Waals surface area contributed by atoms with Crippen LogP contribution in [0.25, 0.3) is 0 Å². The van der Waals surface area contributed by atoms with Crippen LogP contribution in [0.1, 0.15) is 34.7 Å². The molecule has 3 aromatic rings. The molecule has 1 heterocycles. The molecule has 4 rings (SSSR count). The highest BCUT2D eigenvalue weighted by atomic mass is 32.2. The van der Waals surface area contributed by atoms with Crippen molar-refractivity contribution in [3.05, 3.63) is 95.1 Å². The van der Waals surface area contributed by atoms with Crippen LogP contribution in [0.15, 0.2) is 82.8 Å². The predicted octanol–water partition coefficient (Wildman–Crippen LogP) is 4.85. The van der Waals surface area contributed by atoms with Gasteiger partial charge in [0.05, 0.1) is 23.8 Å². The standard InChI is InChI=1S/C24H24N2O3S/c1-17-12-14-19(15-13-17)21-16-22(20-9-5-6-10-23(20)29-3)26(25-21)30(27,28)24-11-7-4-8-18(24)2/h4-15,22H,16H2,1-3H3/t22-/m1/s1. The molecular formula is C24H24N2O3S. The Kier molecular flexibility index (Phi) is 5.35. The van der Waals surface area contributed by atoms with Gasteiger partial charge in [0.2, 0.25) is 0 Å². The van der Waals surface area contributed by atoms with Crippen molar-refractivity contribution >= 4 is 15.7 Å². The first kappa shape index (κ1) is 20.2. The highest BCUT2D eigenvalue weighted by Crippen LogP contribution is 2.40. The Labute approximate surface area is 177 Å². The molecule has 0 fully saturated rings. The second kappa shape index (κ2) is 7.95. The molecule has 3 aromatic carbocycles. The average molecular weight is 421 g/mol. The summed E-state index contributed by atoms with van der Waals surface area (Å²) >= 11 is 0. The molecule has 30 heavy (non-hydrogen) atoms. The summed E-state index contributed by atoms with van der Waals surface area (Å²) in [5, 5.41) is 4.62. The number of hydrogen-bond donors (Lipinski definition) is 0. The van der Waals surface area contributed by atoms with Gasteiger partial charge >= 0.3 is 0 Å². The van der Waals surface area contributed by atoms with E-state index < -0.39 is 16.1 Å². The van der Waals surface area contributed by atoms with Crippen molar-refractivity contribution in [2.24, 2.45) is 5.10 Å². The molecule has 0 unspecified atom stereocenters. The Bertz CT molecular complexity index is 1200. The van der Waals surface area contributed by atoms with Gasteiger partial charge in [-0.2, -0.15) is 17.9 Å². The van der Waals surface area contributed by atoms with E-state index in [1.165, 1.54) is 4.41 Å². The molecule has 0 saturated carbocycles. The van der Waals surface area contributed by atoms with Crippen molar-refractivity contribution in [2.45, 2.75) is 31.2 Å². The SMILES string of the molecule is COc1ccccc1[C@H]1CC(c2ccc(C)cc2)=NN1S(=O)(=O)c1ccccc1C. The number of benzene rings is 3. The number of sulfonamides is 1. The van der Waals surface area contributed by atoms with E-state index in [2.05, 4.69) is 5.10 Å². The molecule has 0 bridgehead atoms. The minimum Gasteiger partial charge on any atom is -0.496 e. The normalized spacial score (nSPS) is 16.4. The topological polar surface area (TPSA) is 59.0 Å². The van der Waals surface area contributed by atoms with E-state index in [9.17, 15) is 8.42 Å². The first-order valence-electron chi connectivity index (χ1n) is 9.79. The maximum atomic E-state index is 13.6. The van der Waals surface area contributed by atoms with E-state index in [0.717, 1.165) is 22.4 Å². The fourth-order valence-electron chi connectivity index (χ4n) is 3.75. The molecule has 0 saturated heterocycles. The first-order valence-corrected chi connectivity index (χ1v) is 11.2. The smallest absolute Gasteiger partial charge is 0.279 e. The third-order valence-corrected chi connectivity index (χ3v) is 7.22. The Balaban J connectivity index is 1.85. The van der Waals surface area contributed by atoms with E-state index in [-0.39, 0.29) is 4.90 Å². The Morgan fingerprint density at radius 2 is 1.60 bits per heavy atom. The fourth-order valence-corrected chi connectivity index (χ4v) is 5.41. The van der Waals surface area contributed by atoms with Crippen molar-refractivity contribution in [3.8, 4) is 5.75 Å². The van der Waals surface area contributed by atoms with Crippen LogP contribution >= 0.6 is 0 Å². The molecule has 0 aliphatic carbocycles. The van der Waals surface area contributed by atoms with Crippen LogP contribution in [-0.2, 0) is 10.0 Å². The molecule has 0 amide bonds. The van der Waals surface area contributed by atoms with Crippen LogP contribution in [0, 0.1) is 13.8 Å². The maximum Gasteiger partial charge on any atom is 0.279 e. The number of aryl methyl sites for hydroxylation is 2. The number of para-hydroxylation sites is 1. The number of hydrazone groups is 1. The summed E-state index contributed by atoms with van der Waals surface area (Å²) in [4.78, 5) is 0.263. The summed E-state index contributed by atoms with van der Waals surface area (Å²) in [5.41, 5.74) is 4.28. The van der Waals surface area contributed by atoms with Crippen LogP contribution in [0.2, 0.25) is 0 Å². The first-order chi connectivity index (χ1) is 14.4. The summed E-state index contributed by atoms with van der Waals surface area (Å²) in [6.45, 7) is 3.82. The predicted molar refractivity (Wildman–Crippen MR) is 118 cm³/mol. The van der Waals surface area contributed by atoms with Gasteiger partial charge in [-0.3, -0.25) is 0 Å². The van der Waals surface area contributed by atoms with Crippen LogP contribution in [0.3, 0.4) is 0 Å². The largest absolute Gasteiger partial charge is 0.496 e. The number of hydrogen-bond acceptors (Lipinski definition) is 4. The van der Waals surface area contributed by atoms with Crippen LogP contribution in [0.4, 0.5) is 0 Å². The van der Waals surface area contributed by atoms with E-state index in [1.807, 2.05) is 61.5 Å². The van der Waals surface area contributed by atoms with Gasteiger partial charge in [-0.15, -0.1) is 0 Å². The van der Waals surface area contributed by atoms with Gasteiger partial charge in [0.1, 0.15) is 5.75 Å². The van der Waals surface area contributed by atoms with Gasteiger partial charge in [-0.05, 0) is 37.1 Å². The molecule has 0 radical (unpaired) electrons. The summed E-state index contributed by atoms with van der Waals surface area (Å²) in [6.07, 6.45) is 0.467. The lowest BCUT2D eigenvalue weighted by molar-refractivity contribution is 0.350. The van der Waals surface area contributed by atoms with Gasteiger partial charge in [0.25, 0.3) is 10.0 Å². The van der Waals surface area contributed by atoms with Gasteiger partial charge in [-0.25, -0.2) is 0 Å². The monoisotopic (exact) mass is 420 g/mol. The number of rotatable bonds is 5. The zero-order valence-electron chi connectivity index (χ0n) is 17.2. The van der Waals surface area contributed by atoms with Gasteiger partial charge in [-0.1, -0.05) is 66.2 Å². The number of methoxy groups -OCH3 is 1. The fraction of sp³-hybridized carbons (Fsp3) is 0.208. The molecule has 1 aliphatic heterocycles. The number of nitrogens with zero attached hydrogens (tertiary/aromatic N) is 2. The van der Waals surface area contributed by atoms with Crippen molar-refractivity contribution in [1.29, 1.82) is 0 Å². The lowest BCUT2D eigenvalue weighted by Crippen LogP contribution is -2.28. The molecule has 1 atom stereocenters. The van der Waals surface area contributed by atoms with Crippen molar-refractivity contribution < 1.29 is 13.2 Å². The Morgan fingerprint density at radius 1 is 0.933 bits per heavy atom. The molecule has 0 spiro atoms. The summed E-state index contributed by atoms with van der Waals surface area (Å²) in [6, 6.07) is 22.0. The van der Waals surface area contributed by atoms with E-state index >= 15 is 0 Å². The molecular weight excluding hydrogens is 396 g/mol. The maximum absolute atomic E-state index is 13.6. The third kappa shape index (κ3) is 3.59. The Morgan fingerprint density at radius 3 is 2.30 bits per heavy atom. The van der Waals surface area contributed by atoms with Crippen LogP contribution < -0.4 is 4.74 Å². The van der Waals surface area contributed by atoms with E-state index in [0.29, 0.717) is 17.7 Å². The van der Waals surface area contributed by atoms with E-state index in [1.54, 1.807) is 32.2 Å². The zero-order chi connectivity index (χ0) is 21.3. The second-order valence-corrected chi connectivity index (χ2v) is 9.18. The van der Waals surface area contributed by atoms with Crippen molar-refractivity contribution in [3.63, 3.8) is 0 Å².